The minimum Gasteiger partial charge on any atom is -0.480 e. The van der Waals surface area contributed by atoms with Crippen LogP contribution in [0.2, 0.25) is 0 Å². The molecule has 0 radical (unpaired) electrons. The molecule has 0 saturated carbocycles. The molecule has 1 amide bonds. The molecule has 0 unspecified atom stereocenters. The Morgan fingerprint density at radius 3 is 2.62 bits per heavy atom. The van der Waals surface area contributed by atoms with Crippen LogP contribution < -0.4 is 5.32 Å². The fraction of sp³-hybridized carbons (Fsp3) is 0.600. The Balaban J connectivity index is 1.81. The topological polar surface area (TPSA) is 66.4 Å². The maximum atomic E-state index is 12.0. The SMILES string of the molecule is Cc1ccc(CCCC(=O)NC2(C(=O)O)CCSCC2)s1. The first kappa shape index (κ1) is 16.4. The van der Waals surface area contributed by atoms with Crippen molar-refractivity contribution in [2.75, 3.05) is 11.5 Å². The highest BCUT2D eigenvalue weighted by molar-refractivity contribution is 7.99. The second-order valence-corrected chi connectivity index (χ2v) is 8.01. The molecule has 4 nitrogen and oxygen atoms in total. The van der Waals surface area contributed by atoms with Crippen LogP contribution in [0.4, 0.5) is 0 Å². The van der Waals surface area contributed by atoms with Gasteiger partial charge < -0.3 is 10.4 Å². The molecule has 0 aromatic carbocycles. The van der Waals surface area contributed by atoms with Gasteiger partial charge in [-0.15, -0.1) is 11.3 Å². The molecule has 1 aliphatic rings. The second-order valence-electron chi connectivity index (χ2n) is 5.41. The standard InChI is InChI=1S/C15H21NO3S2/c1-11-5-6-12(21-11)3-2-4-13(17)16-15(14(18)19)7-9-20-10-8-15/h5-6H,2-4,7-10H2,1H3,(H,16,17)(H,18,19). The monoisotopic (exact) mass is 327 g/mol. The molecule has 1 saturated heterocycles. The van der Waals surface area contributed by atoms with Crippen LogP contribution in [0, 0.1) is 6.92 Å². The lowest BCUT2D eigenvalue weighted by Crippen LogP contribution is -2.56. The number of carbonyl (C=O) groups is 2. The number of amides is 1. The first-order valence-corrected chi connectivity index (χ1v) is 9.16. The van der Waals surface area contributed by atoms with Crippen molar-refractivity contribution < 1.29 is 14.7 Å². The molecule has 21 heavy (non-hydrogen) atoms. The highest BCUT2D eigenvalue weighted by atomic mass is 32.2. The van der Waals surface area contributed by atoms with Crippen molar-refractivity contribution in [2.45, 2.75) is 44.6 Å². The number of hydrogen-bond donors (Lipinski definition) is 2. The molecule has 1 aromatic rings. The zero-order valence-corrected chi connectivity index (χ0v) is 13.8. The van der Waals surface area contributed by atoms with Gasteiger partial charge >= 0.3 is 5.97 Å². The largest absolute Gasteiger partial charge is 0.480 e. The zero-order chi connectivity index (χ0) is 15.3. The van der Waals surface area contributed by atoms with E-state index in [1.165, 1.54) is 9.75 Å². The van der Waals surface area contributed by atoms with E-state index >= 15 is 0 Å². The van der Waals surface area contributed by atoms with E-state index in [0.717, 1.165) is 24.3 Å². The lowest BCUT2D eigenvalue weighted by Gasteiger charge is -2.33. The molecule has 1 aliphatic heterocycles. The Morgan fingerprint density at radius 2 is 2.05 bits per heavy atom. The van der Waals surface area contributed by atoms with Crippen molar-refractivity contribution in [1.29, 1.82) is 0 Å². The Bertz CT molecular complexity index is 507. The average Bonchev–Trinajstić information content (AvgIpc) is 2.85. The summed E-state index contributed by atoms with van der Waals surface area (Å²) < 4.78 is 0. The average molecular weight is 327 g/mol. The molecule has 0 bridgehead atoms. The molecule has 0 atom stereocenters. The number of aryl methyl sites for hydroxylation is 2. The fourth-order valence-corrected chi connectivity index (χ4v) is 4.61. The van der Waals surface area contributed by atoms with Gasteiger partial charge in [-0.25, -0.2) is 4.79 Å². The number of hydrogen-bond acceptors (Lipinski definition) is 4. The van der Waals surface area contributed by atoms with E-state index in [0.29, 0.717) is 19.3 Å². The minimum absolute atomic E-state index is 0.141. The normalized spacial score (nSPS) is 17.4. The van der Waals surface area contributed by atoms with E-state index in [4.69, 9.17) is 0 Å². The van der Waals surface area contributed by atoms with Gasteiger partial charge in [0.05, 0.1) is 0 Å². The Kier molecular flexibility index (Phi) is 5.70. The molecule has 1 fully saturated rings. The van der Waals surface area contributed by atoms with E-state index in [-0.39, 0.29) is 5.91 Å². The highest BCUT2D eigenvalue weighted by Crippen LogP contribution is 2.27. The summed E-state index contributed by atoms with van der Waals surface area (Å²) in [5.74, 6) is 0.546. The summed E-state index contributed by atoms with van der Waals surface area (Å²) in [5, 5.41) is 12.2. The van der Waals surface area contributed by atoms with E-state index in [1.54, 1.807) is 23.1 Å². The van der Waals surface area contributed by atoms with Gasteiger partial charge in [-0.2, -0.15) is 11.8 Å². The summed E-state index contributed by atoms with van der Waals surface area (Å²) in [5.41, 5.74) is -1.04. The zero-order valence-electron chi connectivity index (χ0n) is 12.2. The van der Waals surface area contributed by atoms with E-state index in [1.807, 2.05) is 0 Å². The van der Waals surface area contributed by atoms with E-state index in [2.05, 4.69) is 24.4 Å². The van der Waals surface area contributed by atoms with Gasteiger partial charge in [0.15, 0.2) is 0 Å². The quantitative estimate of drug-likeness (QED) is 0.843. The first-order valence-electron chi connectivity index (χ1n) is 7.19. The maximum Gasteiger partial charge on any atom is 0.329 e. The molecule has 1 aromatic heterocycles. The van der Waals surface area contributed by atoms with Gasteiger partial charge in [-0.05, 0) is 56.2 Å². The third-order valence-corrected chi connectivity index (χ3v) is 5.80. The van der Waals surface area contributed by atoms with Crippen LogP contribution in [0.25, 0.3) is 0 Å². The van der Waals surface area contributed by atoms with Gasteiger partial charge in [0.25, 0.3) is 0 Å². The molecular formula is C15H21NO3S2. The predicted molar refractivity (Wildman–Crippen MR) is 87.1 cm³/mol. The fourth-order valence-electron chi connectivity index (χ4n) is 2.48. The molecule has 6 heteroatoms. The van der Waals surface area contributed by atoms with Crippen molar-refractivity contribution >= 4 is 35.0 Å². The third kappa shape index (κ3) is 4.48. The maximum absolute atomic E-state index is 12.0. The van der Waals surface area contributed by atoms with E-state index < -0.39 is 11.5 Å². The van der Waals surface area contributed by atoms with Crippen LogP contribution in [0.3, 0.4) is 0 Å². The first-order chi connectivity index (χ1) is 10.0. The Hall–Kier alpha value is -1.01. The molecule has 2 rings (SSSR count). The number of rotatable bonds is 6. The molecule has 0 aliphatic carbocycles. The van der Waals surface area contributed by atoms with Crippen molar-refractivity contribution in [3.8, 4) is 0 Å². The number of carboxylic acids is 1. The van der Waals surface area contributed by atoms with Gasteiger partial charge in [-0.3, -0.25) is 4.79 Å². The summed E-state index contributed by atoms with van der Waals surface area (Å²) in [7, 11) is 0. The molecule has 2 N–H and O–H groups in total. The van der Waals surface area contributed by atoms with Crippen molar-refractivity contribution in [3.63, 3.8) is 0 Å². The number of carboxylic acid groups (broad SMARTS) is 1. The molecule has 116 valence electrons. The van der Waals surface area contributed by atoms with Crippen LogP contribution in [-0.2, 0) is 16.0 Å². The van der Waals surface area contributed by atoms with Crippen LogP contribution in [-0.4, -0.2) is 34.0 Å². The number of thiophene rings is 1. The Morgan fingerprint density at radius 1 is 1.33 bits per heavy atom. The summed E-state index contributed by atoms with van der Waals surface area (Å²) in [4.78, 5) is 26.1. The van der Waals surface area contributed by atoms with Crippen molar-refractivity contribution in [3.05, 3.63) is 21.9 Å². The Labute approximate surface area is 133 Å². The number of carbonyl (C=O) groups excluding carboxylic acids is 1. The van der Waals surface area contributed by atoms with Gasteiger partial charge in [0.2, 0.25) is 5.91 Å². The summed E-state index contributed by atoms with van der Waals surface area (Å²) in [6, 6.07) is 4.17. The van der Waals surface area contributed by atoms with Crippen molar-refractivity contribution in [1.82, 2.24) is 5.32 Å². The number of aliphatic carboxylic acids is 1. The molecule has 0 spiro atoms. The lowest BCUT2D eigenvalue weighted by atomic mass is 9.92. The number of thioether (sulfide) groups is 1. The molecular weight excluding hydrogens is 306 g/mol. The predicted octanol–water partition coefficient (Wildman–Crippen LogP) is 2.85. The number of nitrogens with one attached hydrogen (secondary N) is 1. The van der Waals surface area contributed by atoms with Crippen LogP contribution in [0.1, 0.15) is 35.4 Å². The van der Waals surface area contributed by atoms with Crippen LogP contribution in [0.15, 0.2) is 12.1 Å². The summed E-state index contributed by atoms with van der Waals surface area (Å²) in [6.45, 7) is 2.07. The smallest absolute Gasteiger partial charge is 0.329 e. The van der Waals surface area contributed by atoms with Gasteiger partial charge in [0.1, 0.15) is 5.54 Å². The highest BCUT2D eigenvalue weighted by Gasteiger charge is 2.40. The molecule has 2 heterocycles. The van der Waals surface area contributed by atoms with Crippen LogP contribution >= 0.6 is 23.1 Å². The third-order valence-electron chi connectivity index (χ3n) is 3.76. The van der Waals surface area contributed by atoms with Crippen LogP contribution in [0.5, 0.6) is 0 Å². The summed E-state index contributed by atoms with van der Waals surface area (Å²) >= 11 is 3.50. The van der Waals surface area contributed by atoms with Gasteiger partial charge in [-0.1, -0.05) is 0 Å². The second kappa shape index (κ2) is 7.31. The van der Waals surface area contributed by atoms with Gasteiger partial charge in [0, 0.05) is 16.2 Å². The van der Waals surface area contributed by atoms with E-state index in [9.17, 15) is 14.7 Å². The summed E-state index contributed by atoms with van der Waals surface area (Å²) in [6.07, 6.45) is 3.06. The van der Waals surface area contributed by atoms with Crippen molar-refractivity contribution in [2.24, 2.45) is 0 Å². The lowest BCUT2D eigenvalue weighted by molar-refractivity contribution is -0.148. The minimum atomic E-state index is -1.04.